The predicted octanol–water partition coefficient (Wildman–Crippen LogP) is 3.57. The summed E-state index contributed by atoms with van der Waals surface area (Å²) < 4.78 is 0.933. The van der Waals surface area contributed by atoms with Gasteiger partial charge in [0.25, 0.3) is 5.91 Å². The van der Waals surface area contributed by atoms with Gasteiger partial charge in [-0.25, -0.2) is 0 Å². The fourth-order valence-corrected chi connectivity index (χ4v) is 3.91. The summed E-state index contributed by atoms with van der Waals surface area (Å²) in [6.07, 6.45) is 0.469. The molecule has 0 saturated carbocycles. The van der Waals surface area contributed by atoms with Gasteiger partial charge >= 0.3 is 0 Å². The summed E-state index contributed by atoms with van der Waals surface area (Å²) in [6, 6.07) is 7.54. The van der Waals surface area contributed by atoms with Gasteiger partial charge in [-0.1, -0.05) is 43.6 Å². The first-order valence-electron chi connectivity index (χ1n) is 7.04. The van der Waals surface area contributed by atoms with Crippen LogP contribution in [-0.2, 0) is 4.79 Å². The van der Waals surface area contributed by atoms with E-state index in [0.717, 1.165) is 10.1 Å². The molecule has 0 bridgehead atoms. The molecule has 0 spiro atoms. The van der Waals surface area contributed by atoms with E-state index in [-0.39, 0.29) is 11.8 Å². The number of benzene rings is 1. The van der Waals surface area contributed by atoms with Gasteiger partial charge in [-0.15, -0.1) is 11.3 Å². The van der Waals surface area contributed by atoms with Gasteiger partial charge < -0.3 is 11.1 Å². The smallest absolute Gasteiger partial charge is 0.263 e. The second-order valence-electron chi connectivity index (χ2n) is 5.99. The predicted molar refractivity (Wildman–Crippen MR) is 91.4 cm³/mol. The molecule has 1 heterocycles. The number of amides is 2. The Hall–Kier alpha value is -1.59. The lowest BCUT2D eigenvalue weighted by molar-refractivity contribution is -0.124. The number of nitrogens with one attached hydrogen (secondary N) is 1. The maximum atomic E-state index is 12.5. The molecule has 2 aromatic rings. The van der Waals surface area contributed by atoms with Crippen LogP contribution in [0.25, 0.3) is 10.1 Å². The Balaban J connectivity index is 2.33. The average Bonchev–Trinajstić information content (AvgIpc) is 2.75. The number of carbonyl (C=O) groups is 2. The second-order valence-corrected chi connectivity index (χ2v) is 7.42. The van der Waals surface area contributed by atoms with Crippen LogP contribution < -0.4 is 11.1 Å². The third-order valence-corrected chi connectivity index (χ3v) is 5.17. The highest BCUT2D eigenvalue weighted by molar-refractivity contribution is 7.21. The first kappa shape index (κ1) is 16.8. The average molecular weight is 339 g/mol. The Kier molecular flexibility index (Phi) is 4.78. The van der Waals surface area contributed by atoms with Gasteiger partial charge in [0.1, 0.15) is 10.4 Å². The molecule has 118 valence electrons. The Morgan fingerprint density at radius 3 is 2.55 bits per heavy atom. The molecule has 0 saturated heterocycles. The lowest BCUT2D eigenvalue weighted by Crippen LogP contribution is -2.55. The summed E-state index contributed by atoms with van der Waals surface area (Å²) in [7, 11) is 0. The van der Waals surface area contributed by atoms with Gasteiger partial charge in [-0.05, 0) is 25.3 Å². The van der Waals surface area contributed by atoms with Crippen LogP contribution in [0.3, 0.4) is 0 Å². The first-order chi connectivity index (χ1) is 10.2. The number of hydrogen-bond acceptors (Lipinski definition) is 3. The van der Waals surface area contributed by atoms with Crippen LogP contribution in [0.5, 0.6) is 0 Å². The van der Waals surface area contributed by atoms with Crippen LogP contribution in [0.15, 0.2) is 24.3 Å². The summed E-state index contributed by atoms with van der Waals surface area (Å²) in [5.74, 6) is -0.699. The molecule has 2 amide bonds. The highest BCUT2D eigenvalue weighted by atomic mass is 35.5. The van der Waals surface area contributed by atoms with Crippen LogP contribution in [0, 0.1) is 5.92 Å². The molecular formula is C16H19ClN2O2S. The van der Waals surface area contributed by atoms with E-state index >= 15 is 0 Å². The number of rotatable bonds is 5. The molecule has 0 aliphatic carbocycles. The van der Waals surface area contributed by atoms with Gasteiger partial charge in [0.15, 0.2) is 0 Å². The molecule has 1 atom stereocenters. The minimum absolute atomic E-state index is 0.218. The van der Waals surface area contributed by atoms with Crippen molar-refractivity contribution in [3.8, 4) is 0 Å². The number of fused-ring (bicyclic) bond motifs is 1. The fourth-order valence-electron chi connectivity index (χ4n) is 2.50. The van der Waals surface area contributed by atoms with Crippen molar-refractivity contribution < 1.29 is 9.59 Å². The van der Waals surface area contributed by atoms with E-state index in [9.17, 15) is 9.59 Å². The zero-order chi connectivity index (χ0) is 16.5. The molecule has 22 heavy (non-hydrogen) atoms. The topological polar surface area (TPSA) is 72.2 Å². The molecule has 3 N–H and O–H groups in total. The van der Waals surface area contributed by atoms with Crippen LogP contribution in [0.1, 0.15) is 36.9 Å². The highest BCUT2D eigenvalue weighted by Gasteiger charge is 2.34. The van der Waals surface area contributed by atoms with Crippen molar-refractivity contribution in [3.05, 3.63) is 34.2 Å². The number of nitrogens with two attached hydrogens (primary N) is 1. The standard InChI is InChI=1S/C16H19ClN2O2S/c1-9(2)8-16(3,15(18)21)19-14(20)13-12(17)10-6-4-5-7-11(10)22-13/h4-7,9H,8H2,1-3H3,(H2,18,21)(H,19,20). The molecular weight excluding hydrogens is 320 g/mol. The van der Waals surface area contributed by atoms with E-state index in [0.29, 0.717) is 16.3 Å². The minimum atomic E-state index is -1.09. The zero-order valence-electron chi connectivity index (χ0n) is 12.8. The molecule has 0 fully saturated rings. The van der Waals surface area contributed by atoms with E-state index < -0.39 is 11.4 Å². The molecule has 1 aromatic heterocycles. The van der Waals surface area contributed by atoms with Crippen LogP contribution >= 0.6 is 22.9 Å². The molecule has 0 aliphatic rings. The Morgan fingerprint density at radius 2 is 2.00 bits per heavy atom. The molecule has 0 radical (unpaired) electrons. The lowest BCUT2D eigenvalue weighted by Gasteiger charge is -2.29. The van der Waals surface area contributed by atoms with E-state index in [2.05, 4.69) is 5.32 Å². The van der Waals surface area contributed by atoms with E-state index in [1.54, 1.807) is 6.92 Å². The van der Waals surface area contributed by atoms with Gasteiger partial charge in [0.05, 0.1) is 5.02 Å². The van der Waals surface area contributed by atoms with Crippen molar-refractivity contribution >= 4 is 44.8 Å². The van der Waals surface area contributed by atoms with E-state index in [1.807, 2.05) is 38.1 Å². The van der Waals surface area contributed by atoms with Gasteiger partial charge in [0.2, 0.25) is 5.91 Å². The summed E-state index contributed by atoms with van der Waals surface area (Å²) in [5.41, 5.74) is 4.38. The molecule has 1 unspecified atom stereocenters. The lowest BCUT2D eigenvalue weighted by atomic mass is 9.90. The number of halogens is 1. The largest absolute Gasteiger partial charge is 0.368 e. The summed E-state index contributed by atoms with van der Waals surface area (Å²) in [6.45, 7) is 5.59. The minimum Gasteiger partial charge on any atom is -0.368 e. The van der Waals surface area contributed by atoms with Gasteiger partial charge in [0, 0.05) is 10.1 Å². The third-order valence-electron chi connectivity index (χ3n) is 3.49. The quantitative estimate of drug-likeness (QED) is 0.874. The van der Waals surface area contributed by atoms with Gasteiger partial charge in [-0.2, -0.15) is 0 Å². The van der Waals surface area contributed by atoms with Crippen molar-refractivity contribution in [2.75, 3.05) is 0 Å². The van der Waals surface area contributed by atoms with Crippen LogP contribution in [0.2, 0.25) is 5.02 Å². The van der Waals surface area contributed by atoms with Crippen molar-refractivity contribution in [2.24, 2.45) is 11.7 Å². The number of carbonyl (C=O) groups excluding carboxylic acids is 2. The maximum Gasteiger partial charge on any atom is 0.263 e. The summed E-state index contributed by atoms with van der Waals surface area (Å²) in [5, 5.41) is 4.00. The third kappa shape index (κ3) is 3.25. The second kappa shape index (κ2) is 6.26. The molecule has 0 aliphatic heterocycles. The number of primary amides is 1. The Labute approximate surface area is 138 Å². The molecule has 1 aromatic carbocycles. The number of thiophene rings is 1. The molecule has 2 rings (SSSR count). The SMILES string of the molecule is CC(C)CC(C)(NC(=O)c1sc2ccccc2c1Cl)C(N)=O. The van der Waals surface area contributed by atoms with E-state index in [1.165, 1.54) is 11.3 Å². The monoisotopic (exact) mass is 338 g/mol. The molecule has 6 heteroatoms. The maximum absolute atomic E-state index is 12.5. The fraction of sp³-hybridized carbons (Fsp3) is 0.375. The normalized spacial score (nSPS) is 14.0. The zero-order valence-corrected chi connectivity index (χ0v) is 14.3. The van der Waals surface area contributed by atoms with Crippen molar-refractivity contribution in [1.29, 1.82) is 0 Å². The summed E-state index contributed by atoms with van der Waals surface area (Å²) in [4.78, 5) is 24.7. The van der Waals surface area contributed by atoms with Crippen LogP contribution in [-0.4, -0.2) is 17.4 Å². The summed E-state index contributed by atoms with van der Waals surface area (Å²) >= 11 is 7.61. The van der Waals surface area contributed by atoms with Gasteiger partial charge in [-0.3, -0.25) is 9.59 Å². The Morgan fingerprint density at radius 1 is 1.36 bits per heavy atom. The molecule has 4 nitrogen and oxygen atoms in total. The Bertz CT molecular complexity index is 726. The van der Waals surface area contributed by atoms with Crippen LogP contribution in [0.4, 0.5) is 0 Å². The van der Waals surface area contributed by atoms with E-state index in [4.69, 9.17) is 17.3 Å². The van der Waals surface area contributed by atoms with Crippen molar-refractivity contribution in [2.45, 2.75) is 32.7 Å². The van der Waals surface area contributed by atoms with Crippen molar-refractivity contribution in [3.63, 3.8) is 0 Å². The highest BCUT2D eigenvalue weighted by Crippen LogP contribution is 2.35. The van der Waals surface area contributed by atoms with Crippen molar-refractivity contribution in [1.82, 2.24) is 5.32 Å². The number of hydrogen-bond donors (Lipinski definition) is 2. The first-order valence-corrected chi connectivity index (χ1v) is 8.23.